The molecule has 26 heavy (non-hydrogen) atoms. The molecule has 0 atom stereocenters. The third-order valence-electron chi connectivity index (χ3n) is 3.70. The number of hydrazine groups is 1. The Morgan fingerprint density at radius 1 is 1.35 bits per heavy atom. The van der Waals surface area contributed by atoms with Gasteiger partial charge in [0, 0.05) is 31.2 Å². The Bertz CT molecular complexity index is 705. The predicted octanol–water partition coefficient (Wildman–Crippen LogP) is 2.61. The lowest BCUT2D eigenvalue weighted by molar-refractivity contribution is -0.133. The molecule has 0 radical (unpaired) electrons. The number of rotatable bonds is 7. The molecule has 2 rings (SSSR count). The Kier molecular flexibility index (Phi) is 7.65. The van der Waals surface area contributed by atoms with Crippen LogP contribution < -0.4 is 10.9 Å². The van der Waals surface area contributed by atoms with Gasteiger partial charge in [-0.15, -0.1) is 0 Å². The summed E-state index contributed by atoms with van der Waals surface area (Å²) in [6.45, 7) is 4.74. The molecular formula is C18H23ClN4O3. The summed E-state index contributed by atoms with van der Waals surface area (Å²) in [6, 6.07) is 7.05. The minimum Gasteiger partial charge on any atom is -0.295 e. The van der Waals surface area contributed by atoms with Gasteiger partial charge in [-0.25, -0.2) is 15.7 Å². The van der Waals surface area contributed by atoms with Crippen molar-refractivity contribution in [3.05, 3.63) is 58.8 Å². The highest BCUT2D eigenvalue weighted by Crippen LogP contribution is 2.14. The van der Waals surface area contributed by atoms with Crippen molar-refractivity contribution in [2.24, 2.45) is 0 Å². The van der Waals surface area contributed by atoms with Crippen LogP contribution in [0.2, 0.25) is 5.02 Å². The lowest BCUT2D eigenvalue weighted by Crippen LogP contribution is -2.44. The van der Waals surface area contributed by atoms with E-state index in [1.54, 1.807) is 18.3 Å². The van der Waals surface area contributed by atoms with E-state index in [2.05, 4.69) is 10.9 Å². The number of nitrogens with zero attached hydrogens (tertiary/aromatic N) is 2. The summed E-state index contributed by atoms with van der Waals surface area (Å²) in [5.41, 5.74) is 7.35. The number of hydroxylamine groups is 1. The van der Waals surface area contributed by atoms with Gasteiger partial charge in [0.25, 0.3) is 0 Å². The molecule has 0 bridgehead atoms. The molecule has 3 amide bonds. The summed E-state index contributed by atoms with van der Waals surface area (Å²) in [6.07, 6.45) is 5.42. The normalized spacial score (nSPS) is 13.3. The number of carbonyl (C=O) groups is 2. The number of carbonyl (C=O) groups excluding carboxylic acids is 2. The van der Waals surface area contributed by atoms with E-state index >= 15 is 0 Å². The van der Waals surface area contributed by atoms with Gasteiger partial charge in [-0.05, 0) is 24.6 Å². The molecule has 0 fully saturated rings. The van der Waals surface area contributed by atoms with Gasteiger partial charge in [0.05, 0.1) is 13.2 Å². The van der Waals surface area contributed by atoms with Crippen LogP contribution in [0.3, 0.4) is 0 Å². The molecule has 0 spiro atoms. The van der Waals surface area contributed by atoms with Crippen LogP contribution in [-0.2, 0) is 16.2 Å². The first-order valence-corrected chi connectivity index (χ1v) is 8.62. The van der Waals surface area contributed by atoms with Crippen LogP contribution in [-0.4, -0.2) is 41.5 Å². The number of benzene rings is 1. The monoisotopic (exact) mass is 378 g/mol. The first kappa shape index (κ1) is 20.0. The zero-order valence-electron chi connectivity index (χ0n) is 14.9. The second kappa shape index (κ2) is 9.96. The molecule has 8 heteroatoms. The van der Waals surface area contributed by atoms with Crippen molar-refractivity contribution in [1.29, 1.82) is 0 Å². The Hall–Kier alpha value is -2.35. The summed E-state index contributed by atoms with van der Waals surface area (Å²) in [7, 11) is 0. The average molecular weight is 379 g/mol. The van der Waals surface area contributed by atoms with Crippen molar-refractivity contribution in [3.63, 3.8) is 0 Å². The van der Waals surface area contributed by atoms with Gasteiger partial charge in [-0.2, -0.15) is 0 Å². The van der Waals surface area contributed by atoms with Gasteiger partial charge in [0.15, 0.2) is 0 Å². The molecule has 0 unspecified atom stereocenters. The van der Waals surface area contributed by atoms with Gasteiger partial charge in [0.2, 0.25) is 5.91 Å². The van der Waals surface area contributed by atoms with Crippen LogP contribution in [0.1, 0.15) is 19.4 Å². The van der Waals surface area contributed by atoms with Crippen LogP contribution in [0.15, 0.2) is 48.2 Å². The maximum atomic E-state index is 12.0. The molecule has 1 aliphatic rings. The van der Waals surface area contributed by atoms with E-state index in [0.29, 0.717) is 18.1 Å². The summed E-state index contributed by atoms with van der Waals surface area (Å²) in [5.74, 6) is -0.160. The van der Waals surface area contributed by atoms with E-state index < -0.39 is 0 Å². The van der Waals surface area contributed by atoms with Gasteiger partial charge in [0.1, 0.15) is 0 Å². The molecule has 2 N–H and O–H groups in total. The highest BCUT2D eigenvalue weighted by atomic mass is 35.5. The van der Waals surface area contributed by atoms with Crippen LogP contribution >= 0.6 is 11.6 Å². The van der Waals surface area contributed by atoms with Gasteiger partial charge < -0.3 is 0 Å². The molecule has 0 aliphatic carbocycles. The number of hydrogen-bond acceptors (Lipinski definition) is 4. The highest BCUT2D eigenvalue weighted by molar-refractivity contribution is 6.31. The largest absolute Gasteiger partial charge is 0.345 e. The van der Waals surface area contributed by atoms with Crippen molar-refractivity contribution in [2.75, 3.05) is 19.7 Å². The predicted molar refractivity (Wildman–Crippen MR) is 99.8 cm³/mol. The Balaban J connectivity index is 1.72. The SMILES string of the molecule is CC(=O)N(CCONC(=O)N1C=CC=C(C)C1)NCc1ccccc1Cl. The molecule has 1 aliphatic heterocycles. The van der Waals surface area contributed by atoms with E-state index in [4.69, 9.17) is 16.4 Å². The number of amides is 3. The van der Waals surface area contributed by atoms with E-state index in [1.165, 1.54) is 16.8 Å². The molecular weight excluding hydrogens is 356 g/mol. The number of nitrogens with one attached hydrogen (secondary N) is 2. The third kappa shape index (κ3) is 6.18. The maximum absolute atomic E-state index is 12.0. The third-order valence-corrected chi connectivity index (χ3v) is 4.07. The minimum atomic E-state index is -0.355. The van der Waals surface area contributed by atoms with Gasteiger partial charge in [-0.3, -0.25) is 19.5 Å². The standard InChI is InChI=1S/C18H23ClN4O3/c1-14-6-5-9-22(13-14)18(25)21-26-11-10-23(15(2)24)20-12-16-7-3-4-8-17(16)19/h3-9,20H,10-13H2,1-2H3,(H,21,25). The van der Waals surface area contributed by atoms with E-state index in [-0.39, 0.29) is 25.1 Å². The topological polar surface area (TPSA) is 73.9 Å². The quantitative estimate of drug-likeness (QED) is 0.565. The zero-order valence-corrected chi connectivity index (χ0v) is 15.6. The summed E-state index contributed by atoms with van der Waals surface area (Å²) in [4.78, 5) is 30.4. The number of halogens is 1. The summed E-state index contributed by atoms with van der Waals surface area (Å²) >= 11 is 6.10. The van der Waals surface area contributed by atoms with Crippen LogP contribution in [0.25, 0.3) is 0 Å². The Morgan fingerprint density at radius 2 is 2.12 bits per heavy atom. The Labute approximate surface area is 158 Å². The van der Waals surface area contributed by atoms with Crippen molar-refractivity contribution in [1.82, 2.24) is 20.8 Å². The molecule has 1 aromatic rings. The van der Waals surface area contributed by atoms with Crippen LogP contribution in [0.4, 0.5) is 4.79 Å². The smallest absolute Gasteiger partial charge is 0.295 e. The molecule has 140 valence electrons. The first-order valence-electron chi connectivity index (χ1n) is 8.24. The average Bonchev–Trinajstić information content (AvgIpc) is 2.61. The minimum absolute atomic E-state index is 0.146. The molecule has 1 aromatic carbocycles. The second-order valence-corrected chi connectivity index (χ2v) is 6.24. The lowest BCUT2D eigenvalue weighted by Gasteiger charge is -2.23. The zero-order chi connectivity index (χ0) is 18.9. The van der Waals surface area contributed by atoms with Gasteiger partial charge in [-0.1, -0.05) is 41.4 Å². The first-order chi connectivity index (χ1) is 12.5. The fourth-order valence-corrected chi connectivity index (χ4v) is 2.51. The second-order valence-electron chi connectivity index (χ2n) is 5.84. The van der Waals surface area contributed by atoms with Crippen LogP contribution in [0.5, 0.6) is 0 Å². The van der Waals surface area contributed by atoms with Crippen molar-refractivity contribution in [2.45, 2.75) is 20.4 Å². The van der Waals surface area contributed by atoms with E-state index in [0.717, 1.165) is 11.1 Å². The fraction of sp³-hybridized carbons (Fsp3) is 0.333. The lowest BCUT2D eigenvalue weighted by atomic mass is 10.2. The van der Waals surface area contributed by atoms with Gasteiger partial charge >= 0.3 is 6.03 Å². The Morgan fingerprint density at radius 3 is 2.81 bits per heavy atom. The van der Waals surface area contributed by atoms with E-state index in [1.807, 2.05) is 31.2 Å². The molecule has 0 saturated heterocycles. The fourth-order valence-electron chi connectivity index (χ4n) is 2.30. The number of hydrogen-bond donors (Lipinski definition) is 2. The molecule has 0 aromatic heterocycles. The summed E-state index contributed by atoms with van der Waals surface area (Å²) < 4.78 is 0. The number of urea groups is 1. The maximum Gasteiger partial charge on any atom is 0.345 e. The van der Waals surface area contributed by atoms with Crippen molar-refractivity contribution >= 4 is 23.5 Å². The van der Waals surface area contributed by atoms with Crippen molar-refractivity contribution < 1.29 is 14.4 Å². The van der Waals surface area contributed by atoms with Crippen LogP contribution in [0, 0.1) is 0 Å². The molecule has 0 saturated carbocycles. The summed E-state index contributed by atoms with van der Waals surface area (Å²) in [5, 5.41) is 2.05. The van der Waals surface area contributed by atoms with Crippen molar-refractivity contribution in [3.8, 4) is 0 Å². The molecule has 1 heterocycles. The van der Waals surface area contributed by atoms with E-state index in [9.17, 15) is 9.59 Å². The highest BCUT2D eigenvalue weighted by Gasteiger charge is 2.14. The molecule has 7 nitrogen and oxygen atoms in total. The number of allylic oxidation sites excluding steroid dienone is 2.